The summed E-state index contributed by atoms with van der Waals surface area (Å²) in [6, 6.07) is 1.42. The van der Waals surface area contributed by atoms with Crippen LogP contribution in [-0.2, 0) is 19.1 Å². The third kappa shape index (κ3) is 3.11. The number of piperidine rings is 2. The number of halogens is 1. The molecule has 3 aliphatic heterocycles. The van der Waals surface area contributed by atoms with Gasteiger partial charge in [-0.15, -0.1) is 0 Å². The molecule has 3 fully saturated rings. The van der Waals surface area contributed by atoms with E-state index >= 15 is 0 Å². The zero-order valence-electron chi connectivity index (χ0n) is 13.8. The molecule has 0 aliphatic carbocycles. The van der Waals surface area contributed by atoms with E-state index in [4.69, 9.17) is 9.47 Å². The smallest absolute Gasteiger partial charge is 0.235 e. The molecule has 1 atom stereocenters. The van der Waals surface area contributed by atoms with E-state index in [0.29, 0.717) is 32.0 Å². The summed E-state index contributed by atoms with van der Waals surface area (Å²) in [5.41, 5.74) is 0.783. The van der Waals surface area contributed by atoms with Crippen LogP contribution in [-0.4, -0.2) is 48.9 Å². The summed E-state index contributed by atoms with van der Waals surface area (Å²) in [5.74, 6) is -2.50. The Morgan fingerprint density at radius 1 is 1.24 bits per heavy atom. The number of imide groups is 1. The van der Waals surface area contributed by atoms with E-state index in [0.717, 1.165) is 12.8 Å². The maximum atomic E-state index is 14.6. The van der Waals surface area contributed by atoms with Crippen molar-refractivity contribution < 1.29 is 23.5 Å². The summed E-state index contributed by atoms with van der Waals surface area (Å²) in [5, 5.41) is 2.24. The van der Waals surface area contributed by atoms with Gasteiger partial charge in [-0.25, -0.2) is 4.39 Å². The molecule has 1 N–H and O–H groups in total. The van der Waals surface area contributed by atoms with Crippen molar-refractivity contribution in [2.75, 3.05) is 31.2 Å². The lowest BCUT2D eigenvalue weighted by atomic mass is 9.94. The molecule has 0 bridgehead atoms. The van der Waals surface area contributed by atoms with Crippen LogP contribution in [0.25, 0.3) is 0 Å². The summed E-state index contributed by atoms with van der Waals surface area (Å²) in [7, 11) is 0. The highest BCUT2D eigenvalue weighted by Crippen LogP contribution is 2.34. The maximum absolute atomic E-state index is 14.6. The first-order valence-electron chi connectivity index (χ1n) is 8.58. The Hall–Kier alpha value is -2.06. The molecule has 134 valence electrons. The zero-order valence-corrected chi connectivity index (χ0v) is 13.8. The van der Waals surface area contributed by atoms with Crippen molar-refractivity contribution in [3.63, 3.8) is 0 Å². The molecule has 2 amide bonds. The van der Waals surface area contributed by atoms with E-state index in [1.54, 1.807) is 6.20 Å². The lowest BCUT2D eigenvalue weighted by Crippen LogP contribution is -2.45. The molecule has 4 rings (SSSR count). The Balaban J connectivity index is 1.47. The van der Waals surface area contributed by atoms with Gasteiger partial charge in [0.05, 0.1) is 36.7 Å². The molecule has 1 unspecified atom stereocenters. The molecule has 25 heavy (non-hydrogen) atoms. The fourth-order valence-corrected chi connectivity index (χ4v) is 3.71. The number of aromatic nitrogens is 1. The van der Waals surface area contributed by atoms with Crippen molar-refractivity contribution in [2.24, 2.45) is 0 Å². The van der Waals surface area contributed by atoms with Gasteiger partial charge in [0.25, 0.3) is 0 Å². The van der Waals surface area contributed by atoms with Gasteiger partial charge >= 0.3 is 0 Å². The Labute approximate surface area is 144 Å². The molecule has 8 heteroatoms. The predicted octanol–water partition coefficient (Wildman–Crippen LogP) is 1.08. The van der Waals surface area contributed by atoms with Gasteiger partial charge in [-0.3, -0.25) is 19.9 Å². The molecule has 3 aliphatic rings. The normalized spacial score (nSPS) is 26.1. The number of carbonyl (C=O) groups excluding carboxylic acids is 2. The van der Waals surface area contributed by atoms with Gasteiger partial charge in [0, 0.05) is 38.4 Å². The second kappa shape index (κ2) is 6.34. The average molecular weight is 349 g/mol. The van der Waals surface area contributed by atoms with Crippen molar-refractivity contribution in [3.05, 3.63) is 23.8 Å². The fraction of sp³-hybridized carbons (Fsp3) is 0.588. The third-order valence-electron chi connectivity index (χ3n) is 5.13. The number of ether oxygens (including phenoxy) is 2. The highest BCUT2D eigenvalue weighted by atomic mass is 19.1. The number of amides is 2. The van der Waals surface area contributed by atoms with Crippen LogP contribution in [0, 0.1) is 5.82 Å². The Bertz CT molecular complexity index is 695. The van der Waals surface area contributed by atoms with Crippen LogP contribution in [0.4, 0.5) is 10.1 Å². The molecule has 4 heterocycles. The Kier molecular flexibility index (Phi) is 4.16. The van der Waals surface area contributed by atoms with Crippen molar-refractivity contribution in [3.8, 4) is 0 Å². The summed E-state index contributed by atoms with van der Waals surface area (Å²) < 4.78 is 25.9. The van der Waals surface area contributed by atoms with Crippen molar-refractivity contribution in [2.45, 2.75) is 37.4 Å². The average Bonchev–Trinajstić information content (AvgIpc) is 3.04. The first-order valence-corrected chi connectivity index (χ1v) is 8.58. The van der Waals surface area contributed by atoms with Gasteiger partial charge in [-0.05, 0) is 6.42 Å². The van der Waals surface area contributed by atoms with Crippen LogP contribution in [0.15, 0.2) is 12.3 Å². The Morgan fingerprint density at radius 3 is 2.60 bits per heavy atom. The van der Waals surface area contributed by atoms with E-state index in [2.05, 4.69) is 10.3 Å². The second-order valence-corrected chi connectivity index (χ2v) is 6.66. The minimum Gasteiger partial charge on any atom is -0.370 e. The minimum atomic E-state index is -0.711. The van der Waals surface area contributed by atoms with Gasteiger partial charge in [-0.1, -0.05) is 0 Å². The minimum absolute atomic E-state index is 0.102. The van der Waals surface area contributed by atoms with Crippen LogP contribution < -0.4 is 10.2 Å². The van der Waals surface area contributed by atoms with E-state index in [-0.39, 0.29) is 24.4 Å². The largest absolute Gasteiger partial charge is 0.370 e. The molecule has 1 spiro atoms. The van der Waals surface area contributed by atoms with Gasteiger partial charge < -0.3 is 14.4 Å². The highest BCUT2D eigenvalue weighted by molar-refractivity contribution is 6.00. The SMILES string of the molecule is O=C1CCC(c2ncc(N3CCC4(CC3)OCCO4)cc2F)C(=O)N1. The van der Waals surface area contributed by atoms with Crippen LogP contribution in [0.1, 0.15) is 37.3 Å². The van der Waals surface area contributed by atoms with Gasteiger partial charge in [0.2, 0.25) is 11.8 Å². The number of pyridine rings is 1. The maximum Gasteiger partial charge on any atom is 0.235 e. The molecule has 0 aromatic carbocycles. The summed E-state index contributed by atoms with van der Waals surface area (Å²) >= 11 is 0. The molecule has 1 aromatic rings. The van der Waals surface area contributed by atoms with Crippen LogP contribution in [0.5, 0.6) is 0 Å². The monoisotopic (exact) mass is 349 g/mol. The van der Waals surface area contributed by atoms with Crippen LogP contribution >= 0.6 is 0 Å². The molecule has 3 saturated heterocycles. The molecular formula is C17H20FN3O4. The highest BCUT2D eigenvalue weighted by Gasteiger charge is 2.40. The standard InChI is InChI=1S/C17H20FN3O4/c18-13-9-11(21-5-3-17(4-6-21)24-7-8-25-17)10-19-15(13)12-1-2-14(22)20-16(12)23/h9-10,12H,1-8H2,(H,20,22,23). The number of hydrogen-bond donors (Lipinski definition) is 1. The zero-order chi connectivity index (χ0) is 17.4. The lowest BCUT2D eigenvalue weighted by Gasteiger charge is -2.38. The third-order valence-corrected chi connectivity index (χ3v) is 5.13. The molecule has 1 aromatic heterocycles. The van der Waals surface area contributed by atoms with Crippen molar-refractivity contribution in [1.29, 1.82) is 0 Å². The number of nitrogens with one attached hydrogen (secondary N) is 1. The van der Waals surface area contributed by atoms with E-state index in [9.17, 15) is 14.0 Å². The first-order chi connectivity index (χ1) is 12.1. The molecule has 0 radical (unpaired) electrons. The summed E-state index contributed by atoms with van der Waals surface area (Å²) in [4.78, 5) is 29.4. The second-order valence-electron chi connectivity index (χ2n) is 6.66. The number of hydrogen-bond acceptors (Lipinski definition) is 6. The first kappa shape index (κ1) is 16.4. The Morgan fingerprint density at radius 2 is 1.96 bits per heavy atom. The van der Waals surface area contributed by atoms with Crippen LogP contribution in [0.2, 0.25) is 0 Å². The van der Waals surface area contributed by atoms with Crippen molar-refractivity contribution >= 4 is 17.5 Å². The summed E-state index contributed by atoms with van der Waals surface area (Å²) in [6.07, 6.45) is 3.53. The van der Waals surface area contributed by atoms with E-state index < -0.39 is 23.4 Å². The fourth-order valence-electron chi connectivity index (χ4n) is 3.71. The molecule has 7 nitrogen and oxygen atoms in total. The molecule has 0 saturated carbocycles. The van der Waals surface area contributed by atoms with Gasteiger partial charge in [0.15, 0.2) is 5.79 Å². The van der Waals surface area contributed by atoms with Crippen LogP contribution in [0.3, 0.4) is 0 Å². The number of carbonyl (C=O) groups is 2. The topological polar surface area (TPSA) is 80.8 Å². The van der Waals surface area contributed by atoms with Gasteiger partial charge in [-0.2, -0.15) is 0 Å². The molecular weight excluding hydrogens is 329 g/mol. The number of nitrogens with zero attached hydrogens (tertiary/aromatic N) is 2. The lowest BCUT2D eigenvalue weighted by molar-refractivity contribution is -0.169. The van der Waals surface area contributed by atoms with E-state index in [1.165, 1.54) is 6.07 Å². The number of anilines is 1. The predicted molar refractivity (Wildman–Crippen MR) is 85.4 cm³/mol. The van der Waals surface area contributed by atoms with Crippen molar-refractivity contribution in [1.82, 2.24) is 10.3 Å². The quantitative estimate of drug-likeness (QED) is 0.805. The number of rotatable bonds is 2. The van der Waals surface area contributed by atoms with Gasteiger partial charge in [0.1, 0.15) is 5.82 Å². The van der Waals surface area contributed by atoms with E-state index in [1.807, 2.05) is 4.90 Å². The summed E-state index contributed by atoms with van der Waals surface area (Å²) in [6.45, 7) is 2.63.